The molecule has 3 rings (SSSR count). The van der Waals surface area contributed by atoms with Crippen molar-refractivity contribution in [2.24, 2.45) is 0 Å². The highest BCUT2D eigenvalue weighted by molar-refractivity contribution is 6.30. The number of amides is 2. The summed E-state index contributed by atoms with van der Waals surface area (Å²) in [6, 6.07) is 11.8. The van der Waals surface area contributed by atoms with Crippen molar-refractivity contribution in [2.45, 2.75) is 0 Å². The lowest BCUT2D eigenvalue weighted by atomic mass is 10.3. The Kier molecular flexibility index (Phi) is 3.26. The van der Waals surface area contributed by atoms with E-state index in [2.05, 4.69) is 15.6 Å². The van der Waals surface area contributed by atoms with Crippen LogP contribution < -0.4 is 10.6 Å². The maximum absolute atomic E-state index is 11.9. The maximum Gasteiger partial charge on any atom is 0.323 e. The molecule has 0 saturated carbocycles. The molecule has 3 aromatic rings. The van der Waals surface area contributed by atoms with Gasteiger partial charge in [0.15, 0.2) is 12.0 Å². The van der Waals surface area contributed by atoms with Gasteiger partial charge in [0.1, 0.15) is 5.52 Å². The number of benzene rings is 2. The summed E-state index contributed by atoms with van der Waals surface area (Å²) in [5.41, 5.74) is 2.61. The van der Waals surface area contributed by atoms with E-state index < -0.39 is 0 Å². The Hall–Kier alpha value is -2.53. The van der Waals surface area contributed by atoms with Gasteiger partial charge in [-0.2, -0.15) is 0 Å². The third-order valence-electron chi connectivity index (χ3n) is 2.67. The molecule has 0 atom stereocenters. The Balaban J connectivity index is 1.72. The second-order valence-electron chi connectivity index (χ2n) is 4.12. The summed E-state index contributed by atoms with van der Waals surface area (Å²) in [6.45, 7) is 0. The van der Waals surface area contributed by atoms with Gasteiger partial charge in [-0.15, -0.1) is 0 Å². The van der Waals surface area contributed by atoms with E-state index in [-0.39, 0.29) is 6.03 Å². The number of nitrogens with zero attached hydrogens (tertiary/aromatic N) is 1. The molecule has 0 unspecified atom stereocenters. The van der Waals surface area contributed by atoms with Crippen LogP contribution in [0, 0.1) is 0 Å². The molecule has 2 aromatic carbocycles. The molecule has 1 heterocycles. The van der Waals surface area contributed by atoms with Crippen molar-refractivity contribution in [3.8, 4) is 0 Å². The first kappa shape index (κ1) is 12.5. The van der Waals surface area contributed by atoms with E-state index in [1.807, 2.05) is 0 Å². The summed E-state index contributed by atoms with van der Waals surface area (Å²) < 4.78 is 5.13. The Bertz CT molecular complexity index is 770. The lowest BCUT2D eigenvalue weighted by molar-refractivity contribution is 0.262. The molecule has 100 valence electrons. The highest BCUT2D eigenvalue weighted by Crippen LogP contribution is 2.18. The molecule has 0 saturated heterocycles. The minimum Gasteiger partial charge on any atom is -0.443 e. The van der Waals surface area contributed by atoms with Crippen LogP contribution in [0.25, 0.3) is 11.1 Å². The zero-order valence-corrected chi connectivity index (χ0v) is 11.0. The lowest BCUT2D eigenvalue weighted by Gasteiger charge is -2.07. The first-order valence-corrected chi connectivity index (χ1v) is 6.25. The summed E-state index contributed by atoms with van der Waals surface area (Å²) in [6.07, 6.45) is 1.36. The van der Waals surface area contributed by atoms with E-state index in [1.165, 1.54) is 6.39 Å². The number of rotatable bonds is 2. The van der Waals surface area contributed by atoms with Crippen LogP contribution in [0.5, 0.6) is 0 Å². The van der Waals surface area contributed by atoms with E-state index >= 15 is 0 Å². The quantitative estimate of drug-likeness (QED) is 0.745. The third kappa shape index (κ3) is 2.73. The normalized spacial score (nSPS) is 10.4. The molecular weight excluding hydrogens is 278 g/mol. The summed E-state index contributed by atoms with van der Waals surface area (Å²) in [5.74, 6) is 0. The number of fused-ring (bicyclic) bond motifs is 1. The van der Waals surface area contributed by atoms with Gasteiger partial charge in [0.05, 0.1) is 0 Å². The molecule has 0 fully saturated rings. The Morgan fingerprint density at radius 1 is 1.10 bits per heavy atom. The van der Waals surface area contributed by atoms with Crippen LogP contribution in [0.1, 0.15) is 0 Å². The van der Waals surface area contributed by atoms with Crippen molar-refractivity contribution >= 4 is 40.1 Å². The van der Waals surface area contributed by atoms with Gasteiger partial charge >= 0.3 is 6.03 Å². The number of nitrogens with one attached hydrogen (secondary N) is 2. The highest BCUT2D eigenvalue weighted by Gasteiger charge is 2.05. The lowest BCUT2D eigenvalue weighted by Crippen LogP contribution is -2.19. The van der Waals surface area contributed by atoms with Crippen molar-refractivity contribution in [3.05, 3.63) is 53.9 Å². The first-order valence-electron chi connectivity index (χ1n) is 5.87. The average Bonchev–Trinajstić information content (AvgIpc) is 2.86. The van der Waals surface area contributed by atoms with E-state index in [0.29, 0.717) is 27.5 Å². The average molecular weight is 288 g/mol. The van der Waals surface area contributed by atoms with Crippen LogP contribution in [0.4, 0.5) is 16.2 Å². The summed E-state index contributed by atoms with van der Waals surface area (Å²) >= 11 is 5.85. The Labute approximate surface area is 119 Å². The topological polar surface area (TPSA) is 67.2 Å². The molecule has 2 N–H and O–H groups in total. The molecule has 5 nitrogen and oxygen atoms in total. The SMILES string of the molecule is O=C(Nc1cccc(Cl)c1)Nc1ccc2ocnc2c1. The fourth-order valence-corrected chi connectivity index (χ4v) is 1.99. The largest absolute Gasteiger partial charge is 0.443 e. The molecule has 20 heavy (non-hydrogen) atoms. The summed E-state index contributed by atoms with van der Waals surface area (Å²) in [5, 5.41) is 5.97. The van der Waals surface area contributed by atoms with Crippen molar-refractivity contribution < 1.29 is 9.21 Å². The predicted octanol–water partition coefficient (Wildman–Crippen LogP) is 4.13. The second kappa shape index (κ2) is 5.22. The Morgan fingerprint density at radius 3 is 2.70 bits per heavy atom. The predicted molar refractivity (Wildman–Crippen MR) is 78.1 cm³/mol. The fraction of sp³-hybridized carbons (Fsp3) is 0. The molecule has 6 heteroatoms. The van der Waals surface area contributed by atoms with Crippen molar-refractivity contribution in [2.75, 3.05) is 10.6 Å². The van der Waals surface area contributed by atoms with Gasteiger partial charge in [-0.3, -0.25) is 0 Å². The smallest absolute Gasteiger partial charge is 0.323 e. The number of anilines is 2. The number of hydrogen-bond donors (Lipinski definition) is 2. The number of carbonyl (C=O) groups is 1. The van der Waals surface area contributed by atoms with Gasteiger partial charge in [-0.25, -0.2) is 9.78 Å². The maximum atomic E-state index is 11.9. The zero-order chi connectivity index (χ0) is 13.9. The van der Waals surface area contributed by atoms with E-state index in [9.17, 15) is 4.79 Å². The molecule has 0 radical (unpaired) electrons. The van der Waals surface area contributed by atoms with Gasteiger partial charge in [0, 0.05) is 16.4 Å². The third-order valence-corrected chi connectivity index (χ3v) is 2.91. The van der Waals surface area contributed by atoms with Crippen LogP contribution in [-0.4, -0.2) is 11.0 Å². The van der Waals surface area contributed by atoms with Crippen molar-refractivity contribution in [1.29, 1.82) is 0 Å². The monoisotopic (exact) mass is 287 g/mol. The molecule has 1 aromatic heterocycles. The van der Waals surface area contributed by atoms with Gasteiger partial charge in [-0.05, 0) is 36.4 Å². The Morgan fingerprint density at radius 2 is 1.90 bits per heavy atom. The molecule has 0 aliphatic carbocycles. The molecule has 0 aliphatic rings. The highest BCUT2D eigenvalue weighted by atomic mass is 35.5. The fourth-order valence-electron chi connectivity index (χ4n) is 1.80. The minimum absolute atomic E-state index is 0.352. The summed E-state index contributed by atoms with van der Waals surface area (Å²) in [4.78, 5) is 15.9. The van der Waals surface area contributed by atoms with Gasteiger partial charge in [0.25, 0.3) is 0 Å². The van der Waals surface area contributed by atoms with Crippen LogP contribution in [-0.2, 0) is 0 Å². The van der Waals surface area contributed by atoms with E-state index in [4.69, 9.17) is 16.0 Å². The number of urea groups is 1. The van der Waals surface area contributed by atoms with Gasteiger partial charge < -0.3 is 15.1 Å². The number of aromatic nitrogens is 1. The van der Waals surface area contributed by atoms with Crippen LogP contribution >= 0.6 is 11.6 Å². The standard InChI is InChI=1S/C14H10ClN3O2/c15-9-2-1-3-10(6-9)17-14(19)18-11-4-5-13-12(7-11)16-8-20-13/h1-8H,(H2,17,18,19). The molecule has 0 spiro atoms. The zero-order valence-electron chi connectivity index (χ0n) is 10.3. The van der Waals surface area contributed by atoms with Crippen LogP contribution in [0.15, 0.2) is 53.3 Å². The van der Waals surface area contributed by atoms with Crippen molar-refractivity contribution in [3.63, 3.8) is 0 Å². The molecule has 2 amide bonds. The van der Waals surface area contributed by atoms with Crippen molar-refractivity contribution in [1.82, 2.24) is 4.98 Å². The number of hydrogen-bond acceptors (Lipinski definition) is 3. The van der Waals surface area contributed by atoms with Crippen LogP contribution in [0.3, 0.4) is 0 Å². The minimum atomic E-state index is -0.352. The number of carbonyl (C=O) groups excluding carboxylic acids is 1. The number of oxazole rings is 1. The second-order valence-corrected chi connectivity index (χ2v) is 4.56. The number of halogens is 1. The molecule has 0 aliphatic heterocycles. The van der Waals surface area contributed by atoms with E-state index in [0.717, 1.165) is 0 Å². The van der Waals surface area contributed by atoms with E-state index in [1.54, 1.807) is 42.5 Å². The molecular formula is C14H10ClN3O2. The first-order chi connectivity index (χ1) is 9.70. The molecule has 0 bridgehead atoms. The summed E-state index contributed by atoms with van der Waals surface area (Å²) in [7, 11) is 0. The van der Waals surface area contributed by atoms with Gasteiger partial charge in [0.2, 0.25) is 0 Å². The van der Waals surface area contributed by atoms with Crippen LogP contribution in [0.2, 0.25) is 5.02 Å². The van der Waals surface area contributed by atoms with Gasteiger partial charge in [-0.1, -0.05) is 17.7 Å².